The van der Waals surface area contributed by atoms with Crippen molar-refractivity contribution >= 4 is 23.0 Å². The van der Waals surface area contributed by atoms with Crippen LogP contribution in [0, 0.1) is 5.82 Å². The van der Waals surface area contributed by atoms with Crippen molar-refractivity contribution in [2.24, 2.45) is 0 Å². The topological polar surface area (TPSA) is 15.3 Å². The van der Waals surface area contributed by atoms with E-state index in [0.29, 0.717) is 5.11 Å². The second kappa shape index (κ2) is 6.43. The van der Waals surface area contributed by atoms with Crippen LogP contribution in [0.2, 0.25) is 0 Å². The number of unbranched alkanes of at least 4 members (excludes halogenated alkanes) is 1. The van der Waals surface area contributed by atoms with Crippen molar-refractivity contribution in [3.8, 4) is 0 Å². The molecule has 0 amide bonds. The lowest BCUT2D eigenvalue weighted by Crippen LogP contribution is -2.37. The van der Waals surface area contributed by atoms with Crippen LogP contribution < -0.4 is 10.2 Å². The number of halogens is 1. The molecule has 0 spiro atoms. The number of nitrogens with zero attached hydrogens (tertiary/aromatic N) is 1. The van der Waals surface area contributed by atoms with E-state index in [9.17, 15) is 4.39 Å². The maximum absolute atomic E-state index is 13.0. The minimum Gasteiger partial charge on any atom is -0.362 e. The number of benzene rings is 1. The van der Waals surface area contributed by atoms with Crippen molar-refractivity contribution in [2.75, 3.05) is 18.5 Å². The third kappa shape index (κ3) is 3.77. The highest BCUT2D eigenvalue weighted by molar-refractivity contribution is 7.80. The van der Waals surface area contributed by atoms with Crippen molar-refractivity contribution in [1.29, 1.82) is 0 Å². The number of hydrogen-bond donors (Lipinski definition) is 1. The molecule has 88 valence electrons. The first-order valence-corrected chi connectivity index (χ1v) is 5.83. The second-order valence-electron chi connectivity index (χ2n) is 3.62. The summed E-state index contributed by atoms with van der Waals surface area (Å²) in [6.45, 7) is 2.98. The number of thiocarbonyl (C=S) groups is 1. The molecule has 0 aliphatic heterocycles. The van der Waals surface area contributed by atoms with Gasteiger partial charge in [-0.05, 0) is 36.8 Å². The fourth-order valence-corrected chi connectivity index (χ4v) is 1.50. The first-order chi connectivity index (χ1) is 7.65. The van der Waals surface area contributed by atoms with Gasteiger partial charge in [0.2, 0.25) is 0 Å². The zero-order valence-corrected chi connectivity index (χ0v) is 10.5. The molecule has 1 N–H and O–H groups in total. The molecule has 0 atom stereocenters. The third-order valence-electron chi connectivity index (χ3n) is 2.31. The molecular weight excluding hydrogens is 223 g/mol. The Labute approximate surface area is 101 Å². The Morgan fingerprint density at radius 3 is 2.88 bits per heavy atom. The molecule has 1 rings (SSSR count). The summed E-state index contributed by atoms with van der Waals surface area (Å²) in [5.74, 6) is -0.249. The van der Waals surface area contributed by atoms with Gasteiger partial charge in [-0.25, -0.2) is 4.39 Å². The summed E-state index contributed by atoms with van der Waals surface area (Å²) in [6, 6.07) is 6.39. The molecule has 2 nitrogen and oxygen atoms in total. The predicted molar refractivity (Wildman–Crippen MR) is 70.3 cm³/mol. The molecule has 1 aromatic carbocycles. The van der Waals surface area contributed by atoms with E-state index in [-0.39, 0.29) is 5.82 Å². The Bertz CT molecular complexity index is 355. The van der Waals surface area contributed by atoms with Gasteiger partial charge in [0.15, 0.2) is 5.11 Å². The molecule has 0 heterocycles. The van der Waals surface area contributed by atoms with Gasteiger partial charge in [-0.3, -0.25) is 0 Å². The highest BCUT2D eigenvalue weighted by Crippen LogP contribution is 2.13. The predicted octanol–water partition coefficient (Wildman–Crippen LogP) is 2.94. The Hall–Kier alpha value is -1.16. The van der Waals surface area contributed by atoms with Gasteiger partial charge in [0.25, 0.3) is 0 Å². The van der Waals surface area contributed by atoms with Gasteiger partial charge in [0, 0.05) is 19.3 Å². The van der Waals surface area contributed by atoms with E-state index in [1.54, 1.807) is 11.0 Å². The summed E-state index contributed by atoms with van der Waals surface area (Å²) >= 11 is 5.21. The van der Waals surface area contributed by atoms with Crippen molar-refractivity contribution in [1.82, 2.24) is 5.32 Å². The minimum atomic E-state index is -0.249. The standard InChI is InChI=1S/C12H17FN2S/c1-3-4-8-14-12(16)15(2)11-7-5-6-10(13)9-11/h5-7,9H,3-4,8H2,1-2H3,(H,14,16). The van der Waals surface area contributed by atoms with Crippen LogP contribution in [0.15, 0.2) is 24.3 Å². The molecule has 0 aromatic heterocycles. The molecule has 0 saturated heterocycles. The van der Waals surface area contributed by atoms with E-state index in [0.717, 1.165) is 25.1 Å². The van der Waals surface area contributed by atoms with Crippen LogP contribution in [0.4, 0.5) is 10.1 Å². The van der Waals surface area contributed by atoms with E-state index in [1.807, 2.05) is 13.1 Å². The molecular formula is C12H17FN2S. The summed E-state index contributed by atoms with van der Waals surface area (Å²) in [5, 5.41) is 3.76. The van der Waals surface area contributed by atoms with Crippen LogP contribution in [0.1, 0.15) is 19.8 Å². The van der Waals surface area contributed by atoms with Gasteiger partial charge in [-0.15, -0.1) is 0 Å². The lowest BCUT2D eigenvalue weighted by Gasteiger charge is -2.21. The lowest BCUT2D eigenvalue weighted by molar-refractivity contribution is 0.628. The fourth-order valence-electron chi connectivity index (χ4n) is 1.29. The van der Waals surface area contributed by atoms with Crippen LogP contribution in [-0.4, -0.2) is 18.7 Å². The maximum atomic E-state index is 13.0. The monoisotopic (exact) mass is 240 g/mol. The van der Waals surface area contributed by atoms with Crippen LogP contribution in [0.5, 0.6) is 0 Å². The first kappa shape index (κ1) is 12.9. The van der Waals surface area contributed by atoms with Gasteiger partial charge >= 0.3 is 0 Å². The molecule has 0 radical (unpaired) electrons. The summed E-state index contributed by atoms with van der Waals surface area (Å²) in [4.78, 5) is 1.77. The molecule has 0 bridgehead atoms. The highest BCUT2D eigenvalue weighted by atomic mass is 32.1. The maximum Gasteiger partial charge on any atom is 0.173 e. The Morgan fingerprint density at radius 2 is 2.25 bits per heavy atom. The van der Waals surface area contributed by atoms with Gasteiger partial charge in [0.1, 0.15) is 5.82 Å². The van der Waals surface area contributed by atoms with Crippen molar-refractivity contribution in [3.05, 3.63) is 30.1 Å². The molecule has 0 aliphatic rings. The normalized spacial score (nSPS) is 9.94. The van der Waals surface area contributed by atoms with Crippen LogP contribution >= 0.6 is 12.2 Å². The average molecular weight is 240 g/mol. The highest BCUT2D eigenvalue weighted by Gasteiger charge is 2.06. The van der Waals surface area contributed by atoms with E-state index >= 15 is 0 Å². The number of rotatable bonds is 4. The van der Waals surface area contributed by atoms with Gasteiger partial charge in [0.05, 0.1) is 0 Å². The lowest BCUT2D eigenvalue weighted by atomic mass is 10.3. The van der Waals surface area contributed by atoms with Crippen molar-refractivity contribution in [2.45, 2.75) is 19.8 Å². The van der Waals surface area contributed by atoms with Crippen LogP contribution in [0.25, 0.3) is 0 Å². The zero-order valence-electron chi connectivity index (χ0n) is 9.66. The first-order valence-electron chi connectivity index (χ1n) is 5.42. The molecule has 0 fully saturated rings. The molecule has 4 heteroatoms. The largest absolute Gasteiger partial charge is 0.362 e. The number of anilines is 1. The minimum absolute atomic E-state index is 0.249. The SMILES string of the molecule is CCCCNC(=S)N(C)c1cccc(F)c1. The molecule has 0 saturated carbocycles. The van der Waals surface area contributed by atoms with E-state index in [2.05, 4.69) is 12.2 Å². The molecule has 0 aliphatic carbocycles. The average Bonchev–Trinajstić information content (AvgIpc) is 2.28. The quantitative estimate of drug-likeness (QED) is 0.643. The van der Waals surface area contributed by atoms with Crippen molar-refractivity contribution < 1.29 is 4.39 Å². The van der Waals surface area contributed by atoms with Crippen LogP contribution in [-0.2, 0) is 0 Å². The van der Waals surface area contributed by atoms with Gasteiger partial charge in [-0.2, -0.15) is 0 Å². The third-order valence-corrected chi connectivity index (χ3v) is 2.72. The van der Waals surface area contributed by atoms with Crippen molar-refractivity contribution in [3.63, 3.8) is 0 Å². The van der Waals surface area contributed by atoms with Gasteiger partial charge in [-0.1, -0.05) is 19.4 Å². The summed E-state index contributed by atoms with van der Waals surface area (Å²) in [5.41, 5.74) is 0.758. The van der Waals surface area contributed by atoms with Crippen LogP contribution in [0.3, 0.4) is 0 Å². The smallest absolute Gasteiger partial charge is 0.173 e. The molecule has 16 heavy (non-hydrogen) atoms. The Kier molecular flexibility index (Phi) is 5.19. The number of hydrogen-bond acceptors (Lipinski definition) is 1. The number of nitrogens with one attached hydrogen (secondary N) is 1. The Balaban J connectivity index is 2.56. The molecule has 0 unspecified atom stereocenters. The fraction of sp³-hybridized carbons (Fsp3) is 0.417. The second-order valence-corrected chi connectivity index (χ2v) is 4.01. The van der Waals surface area contributed by atoms with E-state index in [1.165, 1.54) is 12.1 Å². The van der Waals surface area contributed by atoms with Gasteiger partial charge < -0.3 is 10.2 Å². The summed E-state index contributed by atoms with van der Waals surface area (Å²) in [7, 11) is 1.83. The summed E-state index contributed by atoms with van der Waals surface area (Å²) in [6.07, 6.45) is 2.20. The Morgan fingerprint density at radius 1 is 1.50 bits per heavy atom. The van der Waals surface area contributed by atoms with E-state index in [4.69, 9.17) is 12.2 Å². The van der Waals surface area contributed by atoms with E-state index < -0.39 is 0 Å². The summed E-state index contributed by atoms with van der Waals surface area (Å²) < 4.78 is 13.0. The molecule has 1 aromatic rings. The zero-order chi connectivity index (χ0) is 12.0.